The number of hydrogen-bond acceptors (Lipinski definition) is 2. The Morgan fingerprint density at radius 3 is 2.87 bits per heavy atom. The van der Waals surface area contributed by atoms with E-state index in [9.17, 15) is 0 Å². The molecule has 0 saturated carbocycles. The van der Waals surface area contributed by atoms with Gasteiger partial charge in [0.15, 0.2) is 0 Å². The van der Waals surface area contributed by atoms with Gasteiger partial charge in [-0.05, 0) is 46.0 Å². The van der Waals surface area contributed by atoms with Crippen LogP contribution >= 0.6 is 0 Å². The van der Waals surface area contributed by atoms with Crippen LogP contribution in [0.5, 0.6) is 0 Å². The Bertz CT molecular complexity index is 235. The van der Waals surface area contributed by atoms with Gasteiger partial charge in [0.2, 0.25) is 0 Å². The predicted molar refractivity (Wildman–Crippen MR) is 63.0 cm³/mol. The molecular formula is C13H23NO. The van der Waals surface area contributed by atoms with Crippen molar-refractivity contribution in [1.82, 2.24) is 5.32 Å². The van der Waals surface area contributed by atoms with Gasteiger partial charge in [-0.15, -0.1) is 0 Å². The van der Waals surface area contributed by atoms with E-state index in [0.717, 1.165) is 19.4 Å². The van der Waals surface area contributed by atoms with Crippen molar-refractivity contribution >= 4 is 0 Å². The average Bonchev–Trinajstić information content (AvgIpc) is 2.17. The maximum absolute atomic E-state index is 5.73. The molecule has 1 aliphatic carbocycles. The Kier molecular flexibility index (Phi) is 3.47. The maximum Gasteiger partial charge on any atom is 0.0641 e. The Morgan fingerprint density at radius 2 is 2.20 bits per heavy atom. The molecule has 0 spiro atoms. The minimum Gasteiger partial charge on any atom is -0.375 e. The van der Waals surface area contributed by atoms with E-state index in [2.05, 4.69) is 31.3 Å². The second-order valence-electron chi connectivity index (χ2n) is 5.43. The van der Waals surface area contributed by atoms with Crippen LogP contribution in [0.1, 0.15) is 46.0 Å². The minimum absolute atomic E-state index is 0.0638. The number of allylic oxidation sites excluding steroid dienone is 1. The molecule has 1 aliphatic heterocycles. The van der Waals surface area contributed by atoms with Crippen LogP contribution in [0, 0.1) is 0 Å². The van der Waals surface area contributed by atoms with Gasteiger partial charge in [-0.2, -0.15) is 0 Å². The van der Waals surface area contributed by atoms with Crippen molar-refractivity contribution in [3.8, 4) is 0 Å². The van der Waals surface area contributed by atoms with Crippen LogP contribution in [0.4, 0.5) is 0 Å². The van der Waals surface area contributed by atoms with Crippen LogP contribution in [-0.4, -0.2) is 24.3 Å². The van der Waals surface area contributed by atoms with Crippen molar-refractivity contribution in [1.29, 1.82) is 0 Å². The lowest BCUT2D eigenvalue weighted by Gasteiger charge is -2.37. The molecule has 15 heavy (non-hydrogen) atoms. The molecule has 1 heterocycles. The third kappa shape index (κ3) is 3.32. The zero-order valence-corrected chi connectivity index (χ0v) is 9.96. The van der Waals surface area contributed by atoms with Gasteiger partial charge in [-0.1, -0.05) is 12.2 Å². The van der Waals surface area contributed by atoms with Gasteiger partial charge in [-0.3, -0.25) is 0 Å². The first kappa shape index (κ1) is 11.2. The van der Waals surface area contributed by atoms with Gasteiger partial charge in [0.05, 0.1) is 5.60 Å². The van der Waals surface area contributed by atoms with E-state index in [4.69, 9.17) is 4.74 Å². The first-order valence-corrected chi connectivity index (χ1v) is 6.22. The zero-order chi connectivity index (χ0) is 10.7. The first-order valence-electron chi connectivity index (χ1n) is 6.22. The van der Waals surface area contributed by atoms with Gasteiger partial charge in [-0.25, -0.2) is 0 Å². The lowest BCUT2D eigenvalue weighted by Crippen LogP contribution is -2.47. The monoisotopic (exact) mass is 209 g/mol. The second kappa shape index (κ2) is 4.67. The summed E-state index contributed by atoms with van der Waals surface area (Å²) in [6.07, 6.45) is 10.8. The van der Waals surface area contributed by atoms with Gasteiger partial charge in [0.25, 0.3) is 0 Å². The lowest BCUT2D eigenvalue weighted by atomic mass is 9.92. The summed E-state index contributed by atoms with van der Waals surface area (Å²) >= 11 is 0. The normalized spacial score (nSPS) is 35.3. The van der Waals surface area contributed by atoms with E-state index in [1.807, 2.05) is 0 Å². The van der Waals surface area contributed by atoms with Crippen LogP contribution in [0.15, 0.2) is 12.2 Å². The Morgan fingerprint density at radius 1 is 1.33 bits per heavy atom. The fourth-order valence-electron chi connectivity index (χ4n) is 2.63. The Balaban J connectivity index is 1.83. The summed E-state index contributed by atoms with van der Waals surface area (Å²) in [7, 11) is 0. The standard InChI is InChI=1S/C13H23NO/c1-13(2)10-12(8-9-15-13)14-11-6-4-3-5-7-11/h4,6,11-12,14H,3,5,7-10H2,1-2H3. The quantitative estimate of drug-likeness (QED) is 0.706. The second-order valence-corrected chi connectivity index (χ2v) is 5.43. The van der Waals surface area contributed by atoms with Crippen LogP contribution in [0.25, 0.3) is 0 Å². The molecule has 0 aromatic rings. The van der Waals surface area contributed by atoms with Crippen molar-refractivity contribution in [2.75, 3.05) is 6.61 Å². The molecule has 2 heteroatoms. The number of nitrogens with one attached hydrogen (secondary N) is 1. The fourth-order valence-corrected chi connectivity index (χ4v) is 2.63. The van der Waals surface area contributed by atoms with E-state index >= 15 is 0 Å². The molecule has 0 amide bonds. The smallest absolute Gasteiger partial charge is 0.0641 e. The molecule has 2 atom stereocenters. The van der Waals surface area contributed by atoms with E-state index in [0.29, 0.717) is 12.1 Å². The van der Waals surface area contributed by atoms with Crippen molar-refractivity contribution in [2.45, 2.75) is 63.6 Å². The highest BCUT2D eigenvalue weighted by molar-refractivity contribution is 4.99. The third-order valence-corrected chi connectivity index (χ3v) is 3.40. The molecule has 2 nitrogen and oxygen atoms in total. The average molecular weight is 209 g/mol. The number of hydrogen-bond donors (Lipinski definition) is 1. The molecule has 0 aromatic carbocycles. The van der Waals surface area contributed by atoms with E-state index in [1.165, 1.54) is 19.3 Å². The molecule has 1 N–H and O–H groups in total. The van der Waals surface area contributed by atoms with Crippen LogP contribution in [-0.2, 0) is 4.74 Å². The summed E-state index contributed by atoms with van der Waals surface area (Å²) in [6.45, 7) is 5.29. The molecular weight excluding hydrogens is 186 g/mol. The van der Waals surface area contributed by atoms with Crippen molar-refractivity contribution in [3.63, 3.8) is 0 Å². The van der Waals surface area contributed by atoms with Gasteiger partial charge in [0, 0.05) is 18.7 Å². The van der Waals surface area contributed by atoms with Crippen molar-refractivity contribution in [3.05, 3.63) is 12.2 Å². The summed E-state index contributed by atoms with van der Waals surface area (Å²) in [5, 5.41) is 3.75. The van der Waals surface area contributed by atoms with E-state index < -0.39 is 0 Å². The summed E-state index contributed by atoms with van der Waals surface area (Å²) in [4.78, 5) is 0. The highest BCUT2D eigenvalue weighted by Gasteiger charge is 2.29. The zero-order valence-electron chi connectivity index (χ0n) is 9.96. The summed E-state index contributed by atoms with van der Waals surface area (Å²) in [5.74, 6) is 0. The molecule has 0 aromatic heterocycles. The molecule has 2 unspecified atom stereocenters. The summed E-state index contributed by atoms with van der Waals surface area (Å²) < 4.78 is 5.73. The summed E-state index contributed by atoms with van der Waals surface area (Å²) in [5.41, 5.74) is 0.0638. The van der Waals surface area contributed by atoms with Crippen molar-refractivity contribution < 1.29 is 4.74 Å². The largest absolute Gasteiger partial charge is 0.375 e. The fraction of sp³-hybridized carbons (Fsp3) is 0.846. The predicted octanol–water partition coefficient (Wildman–Crippen LogP) is 2.64. The number of ether oxygens (including phenoxy) is 1. The van der Waals surface area contributed by atoms with Gasteiger partial charge >= 0.3 is 0 Å². The molecule has 0 radical (unpaired) electrons. The molecule has 2 rings (SSSR count). The van der Waals surface area contributed by atoms with Crippen LogP contribution in [0.3, 0.4) is 0 Å². The van der Waals surface area contributed by atoms with Crippen LogP contribution in [0.2, 0.25) is 0 Å². The van der Waals surface area contributed by atoms with E-state index in [1.54, 1.807) is 0 Å². The maximum atomic E-state index is 5.73. The first-order chi connectivity index (χ1) is 7.16. The third-order valence-electron chi connectivity index (χ3n) is 3.40. The number of rotatable bonds is 2. The Labute approximate surface area is 93.1 Å². The molecule has 2 aliphatic rings. The molecule has 86 valence electrons. The summed E-state index contributed by atoms with van der Waals surface area (Å²) in [6, 6.07) is 1.25. The minimum atomic E-state index is 0.0638. The van der Waals surface area contributed by atoms with Crippen molar-refractivity contribution in [2.24, 2.45) is 0 Å². The molecule has 0 bridgehead atoms. The highest BCUT2D eigenvalue weighted by Crippen LogP contribution is 2.25. The molecule has 1 saturated heterocycles. The van der Waals surface area contributed by atoms with E-state index in [-0.39, 0.29) is 5.60 Å². The Hall–Kier alpha value is -0.340. The van der Waals surface area contributed by atoms with Crippen LogP contribution < -0.4 is 5.32 Å². The van der Waals surface area contributed by atoms with Gasteiger partial charge < -0.3 is 10.1 Å². The topological polar surface area (TPSA) is 21.3 Å². The SMILES string of the molecule is CC1(C)CC(NC2C=CCCC2)CCO1. The molecule has 1 fully saturated rings. The highest BCUT2D eigenvalue weighted by atomic mass is 16.5. The lowest BCUT2D eigenvalue weighted by molar-refractivity contribution is -0.0637. The van der Waals surface area contributed by atoms with Gasteiger partial charge in [0.1, 0.15) is 0 Å².